The first-order chi connectivity index (χ1) is 16.6. The number of anilines is 1. The number of para-hydroxylation sites is 1. The van der Waals surface area contributed by atoms with Crippen molar-refractivity contribution < 1.29 is 9.53 Å². The van der Waals surface area contributed by atoms with E-state index in [2.05, 4.69) is 15.6 Å². The summed E-state index contributed by atoms with van der Waals surface area (Å²) in [6.45, 7) is 1.09. The standard InChI is InChI=1S/C27H31N5O2.2ClH/c1-34-18-10-11-25-21(15-18)26(20-7-3-5-9-24(20)32-25)29-12-13-30-27(33)22(28)14-17-16-31-23-8-4-2-6-19(17)23;;/h2,4,6,8,10-11,15-16,22,31H,3,5,7,9,12-14,28H2,1H3,(H,29,32)(H,30,33);2*1H/t22-;;/m0../s1. The van der Waals surface area contributed by atoms with Gasteiger partial charge in [0.05, 0.1) is 18.7 Å². The second-order valence-corrected chi connectivity index (χ2v) is 8.89. The molecule has 1 atom stereocenters. The van der Waals surface area contributed by atoms with E-state index in [9.17, 15) is 4.79 Å². The Morgan fingerprint density at radius 3 is 2.75 bits per heavy atom. The molecule has 0 radical (unpaired) electrons. The Hall–Kier alpha value is -3.00. The molecule has 192 valence electrons. The van der Waals surface area contributed by atoms with E-state index in [0.717, 1.165) is 58.1 Å². The van der Waals surface area contributed by atoms with E-state index in [-0.39, 0.29) is 30.7 Å². The summed E-state index contributed by atoms with van der Waals surface area (Å²) in [4.78, 5) is 20.8. The minimum absolute atomic E-state index is 0. The molecule has 2 aromatic heterocycles. The summed E-state index contributed by atoms with van der Waals surface area (Å²) in [5.74, 6) is 0.667. The smallest absolute Gasteiger partial charge is 0.237 e. The first-order valence-electron chi connectivity index (χ1n) is 12.0. The molecular formula is C27H33Cl2N5O2. The molecule has 4 aromatic rings. The van der Waals surface area contributed by atoms with E-state index in [1.807, 2.05) is 48.7 Å². The maximum Gasteiger partial charge on any atom is 0.237 e. The highest BCUT2D eigenvalue weighted by Crippen LogP contribution is 2.34. The molecule has 2 heterocycles. The van der Waals surface area contributed by atoms with Gasteiger partial charge in [0.15, 0.2) is 0 Å². The minimum Gasteiger partial charge on any atom is -0.497 e. The SMILES string of the molecule is COc1ccc2nc3c(c(NCCNC(=O)[C@@H](N)Cc4c[nH]c5ccccc45)c2c1)CCCC3.Cl.Cl. The number of nitrogens with one attached hydrogen (secondary N) is 3. The van der Waals surface area contributed by atoms with Gasteiger partial charge in [0.25, 0.3) is 0 Å². The number of nitrogens with two attached hydrogens (primary N) is 1. The molecule has 0 aliphatic heterocycles. The molecule has 5 N–H and O–H groups in total. The molecule has 1 amide bonds. The van der Waals surface area contributed by atoms with Crippen LogP contribution in [0.15, 0.2) is 48.7 Å². The Labute approximate surface area is 223 Å². The van der Waals surface area contributed by atoms with Crippen LogP contribution >= 0.6 is 24.8 Å². The highest BCUT2D eigenvalue weighted by Gasteiger charge is 2.19. The number of fused-ring (bicyclic) bond motifs is 3. The lowest BCUT2D eigenvalue weighted by Crippen LogP contribution is -2.43. The Morgan fingerprint density at radius 1 is 1.11 bits per heavy atom. The van der Waals surface area contributed by atoms with Crippen LogP contribution in [0.2, 0.25) is 0 Å². The number of aromatic amines is 1. The van der Waals surface area contributed by atoms with Gasteiger partial charge in [-0.05, 0) is 67.5 Å². The van der Waals surface area contributed by atoms with E-state index in [4.69, 9.17) is 15.5 Å². The van der Waals surface area contributed by atoms with Gasteiger partial charge >= 0.3 is 0 Å². The van der Waals surface area contributed by atoms with Crippen molar-refractivity contribution in [2.24, 2.45) is 5.73 Å². The Kier molecular flexibility index (Phi) is 9.43. The third kappa shape index (κ3) is 5.69. The Balaban J connectivity index is 0.00000180. The van der Waals surface area contributed by atoms with Gasteiger partial charge in [-0.3, -0.25) is 9.78 Å². The summed E-state index contributed by atoms with van der Waals surface area (Å²) in [5, 5.41) is 8.73. The molecule has 0 spiro atoms. The van der Waals surface area contributed by atoms with E-state index in [1.54, 1.807) is 7.11 Å². The number of aryl methyl sites for hydroxylation is 1. The predicted molar refractivity (Wildman–Crippen MR) is 151 cm³/mol. The first kappa shape index (κ1) is 27.6. The number of hydrogen-bond donors (Lipinski definition) is 4. The van der Waals surface area contributed by atoms with E-state index in [1.165, 1.54) is 17.7 Å². The molecule has 0 saturated carbocycles. The van der Waals surface area contributed by atoms with Gasteiger partial charge in [0.1, 0.15) is 5.75 Å². The zero-order valence-electron chi connectivity index (χ0n) is 20.3. The number of H-pyrrole nitrogens is 1. The number of rotatable bonds is 8. The maximum absolute atomic E-state index is 12.6. The number of pyridine rings is 1. The molecule has 1 aliphatic rings. The highest BCUT2D eigenvalue weighted by atomic mass is 35.5. The number of nitrogens with zero attached hydrogens (tertiary/aromatic N) is 1. The first-order valence-corrected chi connectivity index (χ1v) is 12.0. The van der Waals surface area contributed by atoms with Gasteiger partial charge in [-0.2, -0.15) is 0 Å². The fourth-order valence-corrected chi connectivity index (χ4v) is 4.87. The van der Waals surface area contributed by atoms with Gasteiger partial charge in [-0.1, -0.05) is 18.2 Å². The zero-order chi connectivity index (χ0) is 23.5. The molecule has 7 nitrogen and oxygen atoms in total. The van der Waals surface area contributed by atoms with Crippen LogP contribution in [0.25, 0.3) is 21.8 Å². The number of aromatic nitrogens is 2. The molecule has 0 saturated heterocycles. The van der Waals surface area contributed by atoms with Crippen LogP contribution in [0.3, 0.4) is 0 Å². The number of halogens is 2. The quantitative estimate of drug-likeness (QED) is 0.250. The number of benzene rings is 2. The summed E-state index contributed by atoms with van der Waals surface area (Å²) >= 11 is 0. The Bertz CT molecular complexity index is 1340. The fraction of sp³-hybridized carbons (Fsp3) is 0.333. The van der Waals surface area contributed by atoms with Crippen LogP contribution in [0.4, 0.5) is 5.69 Å². The molecule has 0 bridgehead atoms. The monoisotopic (exact) mass is 529 g/mol. The van der Waals surface area contributed by atoms with Crippen LogP contribution in [-0.4, -0.2) is 42.1 Å². The predicted octanol–water partition coefficient (Wildman–Crippen LogP) is 4.55. The number of methoxy groups -OCH3 is 1. The second-order valence-electron chi connectivity index (χ2n) is 8.89. The number of ether oxygens (including phenoxy) is 1. The van der Waals surface area contributed by atoms with Gasteiger partial charge in [-0.15, -0.1) is 24.8 Å². The lowest BCUT2D eigenvalue weighted by Gasteiger charge is -2.22. The summed E-state index contributed by atoms with van der Waals surface area (Å²) < 4.78 is 5.45. The van der Waals surface area contributed by atoms with Crippen molar-refractivity contribution in [3.05, 3.63) is 65.5 Å². The van der Waals surface area contributed by atoms with Crippen molar-refractivity contribution in [3.63, 3.8) is 0 Å². The second kappa shape index (κ2) is 12.3. The van der Waals surface area contributed by atoms with Gasteiger partial charge in [0.2, 0.25) is 5.91 Å². The maximum atomic E-state index is 12.6. The van der Waals surface area contributed by atoms with E-state index < -0.39 is 6.04 Å². The number of hydrogen-bond acceptors (Lipinski definition) is 5. The number of carbonyl (C=O) groups excluding carboxylic acids is 1. The minimum atomic E-state index is -0.599. The van der Waals surface area contributed by atoms with Crippen molar-refractivity contribution in [1.29, 1.82) is 0 Å². The van der Waals surface area contributed by atoms with Crippen molar-refractivity contribution in [2.45, 2.75) is 38.1 Å². The van der Waals surface area contributed by atoms with Crippen molar-refractivity contribution in [3.8, 4) is 5.75 Å². The lowest BCUT2D eigenvalue weighted by molar-refractivity contribution is -0.122. The zero-order valence-corrected chi connectivity index (χ0v) is 21.9. The fourth-order valence-electron chi connectivity index (χ4n) is 4.87. The van der Waals surface area contributed by atoms with Crippen LogP contribution in [-0.2, 0) is 24.1 Å². The molecule has 0 fully saturated rings. The van der Waals surface area contributed by atoms with E-state index >= 15 is 0 Å². The molecule has 0 unspecified atom stereocenters. The van der Waals surface area contributed by atoms with Crippen molar-refractivity contribution >= 4 is 58.2 Å². The Morgan fingerprint density at radius 2 is 1.92 bits per heavy atom. The van der Waals surface area contributed by atoms with Crippen LogP contribution in [0.5, 0.6) is 5.75 Å². The topological polar surface area (TPSA) is 105 Å². The molecule has 5 rings (SSSR count). The highest BCUT2D eigenvalue weighted by molar-refractivity contribution is 5.94. The average Bonchev–Trinajstić information content (AvgIpc) is 3.28. The normalized spacial score (nSPS) is 13.3. The molecule has 9 heteroatoms. The summed E-state index contributed by atoms with van der Waals surface area (Å²) in [5.41, 5.74) is 12.9. The van der Waals surface area contributed by atoms with Crippen molar-refractivity contribution in [2.75, 3.05) is 25.5 Å². The summed E-state index contributed by atoms with van der Waals surface area (Å²) in [6.07, 6.45) is 6.78. The van der Waals surface area contributed by atoms with Crippen LogP contribution in [0.1, 0.15) is 29.7 Å². The lowest BCUT2D eigenvalue weighted by atomic mass is 9.92. The van der Waals surface area contributed by atoms with Crippen LogP contribution in [0, 0.1) is 0 Å². The largest absolute Gasteiger partial charge is 0.497 e. The molecular weight excluding hydrogens is 497 g/mol. The van der Waals surface area contributed by atoms with Gasteiger partial charge in [0, 0.05) is 47.0 Å². The van der Waals surface area contributed by atoms with Gasteiger partial charge < -0.3 is 26.1 Å². The van der Waals surface area contributed by atoms with Crippen molar-refractivity contribution in [1.82, 2.24) is 15.3 Å². The summed E-state index contributed by atoms with van der Waals surface area (Å²) in [6, 6.07) is 13.4. The molecule has 1 aliphatic carbocycles. The third-order valence-corrected chi connectivity index (χ3v) is 6.65. The van der Waals surface area contributed by atoms with Crippen LogP contribution < -0.4 is 21.1 Å². The average molecular weight is 531 g/mol. The number of amides is 1. The number of carbonyl (C=O) groups is 1. The third-order valence-electron chi connectivity index (χ3n) is 6.65. The summed E-state index contributed by atoms with van der Waals surface area (Å²) in [7, 11) is 1.68. The molecule has 2 aromatic carbocycles. The molecule has 36 heavy (non-hydrogen) atoms. The van der Waals surface area contributed by atoms with Gasteiger partial charge in [-0.25, -0.2) is 0 Å². The van der Waals surface area contributed by atoms with E-state index in [0.29, 0.717) is 19.5 Å².